The Labute approximate surface area is 141 Å². The summed E-state index contributed by atoms with van der Waals surface area (Å²) in [6.45, 7) is 3.78. The Morgan fingerprint density at radius 3 is 2.91 bits per heavy atom. The molecular formula is C15H24N2O4S2. The number of nitrogens with one attached hydrogen (secondary N) is 1. The van der Waals surface area contributed by atoms with E-state index in [1.165, 1.54) is 15.6 Å². The molecule has 0 spiro atoms. The Balaban J connectivity index is 1.96. The third-order valence-electron chi connectivity index (χ3n) is 3.89. The third-order valence-corrected chi connectivity index (χ3v) is 7.22. The average molecular weight is 361 g/mol. The van der Waals surface area contributed by atoms with Crippen molar-refractivity contribution in [2.45, 2.75) is 30.4 Å². The zero-order valence-electron chi connectivity index (χ0n) is 13.6. The summed E-state index contributed by atoms with van der Waals surface area (Å²) in [6.07, 6.45) is 2.19. The molecule has 23 heavy (non-hydrogen) atoms. The van der Waals surface area contributed by atoms with Gasteiger partial charge in [0.25, 0.3) is 10.0 Å². The van der Waals surface area contributed by atoms with Gasteiger partial charge in [0, 0.05) is 38.2 Å². The summed E-state index contributed by atoms with van der Waals surface area (Å²) < 4.78 is 32.1. The van der Waals surface area contributed by atoms with Crippen LogP contribution in [0.5, 0.6) is 0 Å². The fourth-order valence-electron chi connectivity index (χ4n) is 2.63. The molecule has 1 fully saturated rings. The van der Waals surface area contributed by atoms with Gasteiger partial charge in [0.2, 0.25) is 5.91 Å². The summed E-state index contributed by atoms with van der Waals surface area (Å²) in [5.74, 6) is -0.342. The summed E-state index contributed by atoms with van der Waals surface area (Å²) in [5, 5.41) is 2.87. The molecule has 1 aliphatic rings. The van der Waals surface area contributed by atoms with Crippen molar-refractivity contribution in [3.05, 3.63) is 17.0 Å². The number of hydrogen-bond donors (Lipinski definition) is 1. The number of amides is 1. The van der Waals surface area contributed by atoms with E-state index in [9.17, 15) is 13.2 Å². The van der Waals surface area contributed by atoms with Crippen molar-refractivity contribution < 1.29 is 17.9 Å². The van der Waals surface area contributed by atoms with Crippen molar-refractivity contribution in [2.75, 3.05) is 33.4 Å². The van der Waals surface area contributed by atoms with E-state index >= 15 is 0 Å². The van der Waals surface area contributed by atoms with Crippen LogP contribution in [0.1, 0.15) is 24.1 Å². The van der Waals surface area contributed by atoms with E-state index in [2.05, 4.69) is 5.32 Å². The number of sulfonamides is 1. The topological polar surface area (TPSA) is 75.7 Å². The molecule has 2 rings (SSSR count). The molecule has 0 saturated carbocycles. The van der Waals surface area contributed by atoms with Gasteiger partial charge in [-0.25, -0.2) is 8.42 Å². The number of carbonyl (C=O) groups is 1. The van der Waals surface area contributed by atoms with Gasteiger partial charge in [-0.1, -0.05) is 0 Å². The second-order valence-corrected chi connectivity index (χ2v) is 9.16. The summed E-state index contributed by atoms with van der Waals surface area (Å²) in [5.41, 5.74) is 0. The largest absolute Gasteiger partial charge is 0.385 e. The minimum atomic E-state index is -3.48. The van der Waals surface area contributed by atoms with E-state index in [0.29, 0.717) is 30.3 Å². The van der Waals surface area contributed by atoms with Crippen LogP contribution in [0.25, 0.3) is 0 Å². The van der Waals surface area contributed by atoms with Gasteiger partial charge in [-0.05, 0) is 38.3 Å². The highest BCUT2D eigenvalue weighted by Gasteiger charge is 2.33. The van der Waals surface area contributed by atoms with Gasteiger partial charge in [0.15, 0.2) is 0 Å². The molecule has 1 unspecified atom stereocenters. The third kappa shape index (κ3) is 4.76. The van der Waals surface area contributed by atoms with Gasteiger partial charge in [-0.2, -0.15) is 4.31 Å². The normalized spacial score (nSPS) is 19.7. The van der Waals surface area contributed by atoms with Gasteiger partial charge in [-0.15, -0.1) is 11.3 Å². The van der Waals surface area contributed by atoms with Crippen molar-refractivity contribution in [1.29, 1.82) is 0 Å². The van der Waals surface area contributed by atoms with E-state index < -0.39 is 10.0 Å². The number of nitrogens with zero attached hydrogens (tertiary/aromatic N) is 1. The summed E-state index contributed by atoms with van der Waals surface area (Å²) in [4.78, 5) is 13.2. The van der Waals surface area contributed by atoms with Gasteiger partial charge in [0.05, 0.1) is 5.92 Å². The number of aryl methyl sites for hydroxylation is 1. The van der Waals surface area contributed by atoms with E-state index in [1.807, 2.05) is 13.0 Å². The van der Waals surface area contributed by atoms with E-state index in [1.54, 1.807) is 13.2 Å². The molecule has 0 radical (unpaired) electrons. The lowest BCUT2D eigenvalue weighted by Crippen LogP contribution is -2.45. The quantitative estimate of drug-likeness (QED) is 0.750. The monoisotopic (exact) mass is 360 g/mol. The maximum atomic E-state index is 12.7. The molecule has 1 amide bonds. The van der Waals surface area contributed by atoms with Gasteiger partial charge >= 0.3 is 0 Å². The van der Waals surface area contributed by atoms with Crippen LogP contribution in [-0.4, -0.2) is 52.0 Å². The molecule has 2 heterocycles. The highest BCUT2D eigenvalue weighted by atomic mass is 32.2. The Bertz CT molecular complexity index is 627. The molecule has 1 aromatic rings. The summed E-state index contributed by atoms with van der Waals surface area (Å²) in [7, 11) is -1.86. The number of hydrogen-bond acceptors (Lipinski definition) is 5. The maximum absolute atomic E-state index is 12.7. The number of piperidine rings is 1. The van der Waals surface area contributed by atoms with Crippen molar-refractivity contribution >= 4 is 27.3 Å². The zero-order valence-corrected chi connectivity index (χ0v) is 15.2. The van der Waals surface area contributed by atoms with Crippen LogP contribution in [-0.2, 0) is 19.6 Å². The second kappa shape index (κ2) is 8.23. The number of carbonyl (C=O) groups excluding carboxylic acids is 1. The van der Waals surface area contributed by atoms with Crippen LogP contribution in [0.4, 0.5) is 0 Å². The maximum Gasteiger partial charge on any atom is 0.252 e. The van der Waals surface area contributed by atoms with Crippen LogP contribution in [0.15, 0.2) is 16.3 Å². The minimum Gasteiger partial charge on any atom is -0.385 e. The molecular weight excluding hydrogens is 336 g/mol. The molecule has 1 N–H and O–H groups in total. The SMILES string of the molecule is COCCCNC(=O)C1CCCN(S(=O)(=O)c2ccc(C)s2)C1. The summed E-state index contributed by atoms with van der Waals surface area (Å²) in [6, 6.07) is 3.45. The predicted molar refractivity (Wildman–Crippen MR) is 90.0 cm³/mol. The molecule has 1 aromatic heterocycles. The highest BCUT2D eigenvalue weighted by Crippen LogP contribution is 2.28. The standard InChI is InChI=1S/C15H24N2O4S2/c1-12-6-7-14(22-12)23(19,20)17-9-3-5-13(11-17)15(18)16-8-4-10-21-2/h6-7,13H,3-5,8-11H2,1-2H3,(H,16,18). The van der Waals surface area contributed by atoms with Crippen LogP contribution in [0.3, 0.4) is 0 Å². The number of methoxy groups -OCH3 is 1. The van der Waals surface area contributed by atoms with Crippen molar-refractivity contribution in [1.82, 2.24) is 9.62 Å². The first kappa shape index (κ1) is 18.4. The lowest BCUT2D eigenvalue weighted by molar-refractivity contribution is -0.126. The molecule has 130 valence electrons. The fraction of sp³-hybridized carbons (Fsp3) is 0.667. The number of rotatable bonds is 7. The van der Waals surface area contributed by atoms with Crippen LogP contribution in [0.2, 0.25) is 0 Å². The molecule has 6 nitrogen and oxygen atoms in total. The van der Waals surface area contributed by atoms with Gasteiger partial charge in [0.1, 0.15) is 4.21 Å². The Kier molecular flexibility index (Phi) is 6.58. The van der Waals surface area contributed by atoms with Crippen molar-refractivity contribution in [3.63, 3.8) is 0 Å². The van der Waals surface area contributed by atoms with E-state index in [0.717, 1.165) is 17.7 Å². The predicted octanol–water partition coefficient (Wildman–Crippen LogP) is 1.61. The average Bonchev–Trinajstić information content (AvgIpc) is 2.99. The summed E-state index contributed by atoms with van der Waals surface area (Å²) >= 11 is 1.27. The first-order valence-electron chi connectivity index (χ1n) is 7.78. The molecule has 8 heteroatoms. The Hall–Kier alpha value is -0.960. The Morgan fingerprint density at radius 1 is 1.48 bits per heavy atom. The molecule has 1 saturated heterocycles. The first-order valence-corrected chi connectivity index (χ1v) is 10.0. The smallest absolute Gasteiger partial charge is 0.252 e. The number of ether oxygens (including phenoxy) is 1. The van der Waals surface area contributed by atoms with Gasteiger partial charge in [-0.3, -0.25) is 4.79 Å². The molecule has 1 aliphatic heterocycles. The lowest BCUT2D eigenvalue weighted by Gasteiger charge is -2.30. The van der Waals surface area contributed by atoms with Crippen LogP contribution < -0.4 is 5.32 Å². The highest BCUT2D eigenvalue weighted by molar-refractivity contribution is 7.91. The molecule has 0 aliphatic carbocycles. The molecule has 1 atom stereocenters. The molecule has 0 aromatic carbocycles. The lowest BCUT2D eigenvalue weighted by atomic mass is 9.99. The molecule has 0 bridgehead atoms. The van der Waals surface area contributed by atoms with E-state index in [4.69, 9.17) is 4.74 Å². The van der Waals surface area contributed by atoms with Gasteiger partial charge < -0.3 is 10.1 Å². The van der Waals surface area contributed by atoms with Crippen LogP contribution >= 0.6 is 11.3 Å². The Morgan fingerprint density at radius 2 is 2.26 bits per heavy atom. The fourth-order valence-corrected chi connectivity index (χ4v) is 5.59. The first-order chi connectivity index (χ1) is 10.9. The van der Waals surface area contributed by atoms with Crippen molar-refractivity contribution in [2.24, 2.45) is 5.92 Å². The number of thiophene rings is 1. The van der Waals surface area contributed by atoms with E-state index in [-0.39, 0.29) is 18.4 Å². The van der Waals surface area contributed by atoms with Crippen LogP contribution in [0, 0.1) is 12.8 Å². The second-order valence-electron chi connectivity index (χ2n) is 5.70. The zero-order chi connectivity index (χ0) is 16.9. The minimum absolute atomic E-state index is 0.0663. The van der Waals surface area contributed by atoms with Crippen molar-refractivity contribution in [3.8, 4) is 0 Å².